The lowest BCUT2D eigenvalue weighted by Crippen LogP contribution is -2.28. The van der Waals surface area contributed by atoms with Gasteiger partial charge in [0.25, 0.3) is 0 Å². The van der Waals surface area contributed by atoms with E-state index in [0.29, 0.717) is 48.9 Å². The van der Waals surface area contributed by atoms with Gasteiger partial charge in [0.1, 0.15) is 17.5 Å². The molecule has 2 aliphatic rings. The van der Waals surface area contributed by atoms with E-state index < -0.39 is 23.6 Å². The normalized spacial score (nSPS) is 18.4. The van der Waals surface area contributed by atoms with E-state index in [1.54, 1.807) is 39.1 Å². The molecule has 0 saturated carbocycles. The van der Waals surface area contributed by atoms with E-state index in [9.17, 15) is 14.7 Å². The van der Waals surface area contributed by atoms with Crippen LogP contribution >= 0.6 is 0 Å². The Hall–Kier alpha value is -4.03. The summed E-state index contributed by atoms with van der Waals surface area (Å²) in [7, 11) is 0. The molecule has 2 unspecified atom stereocenters. The Bertz CT molecular complexity index is 1490. The maximum Gasteiger partial charge on any atom is 0.413 e. The van der Waals surface area contributed by atoms with Gasteiger partial charge in [0.15, 0.2) is 5.82 Å². The molecule has 0 radical (unpaired) electrons. The van der Waals surface area contributed by atoms with Crippen molar-refractivity contribution in [2.75, 3.05) is 42.3 Å². The fraction of sp³-hybridized carbons (Fsp3) is 0.448. The van der Waals surface area contributed by atoms with Gasteiger partial charge in [-0.2, -0.15) is 0 Å². The number of ether oxygens (including phenoxy) is 3. The molecule has 218 valence electrons. The Morgan fingerprint density at radius 1 is 1.17 bits per heavy atom. The minimum Gasteiger partial charge on any atom is -0.444 e. The molecule has 3 aromatic rings. The molecule has 12 heteroatoms. The lowest BCUT2D eigenvalue weighted by molar-refractivity contribution is 0.0635. The number of nitrogens with zero attached hydrogens (tertiary/aromatic N) is 2. The number of carbonyl (C=O) groups is 2. The van der Waals surface area contributed by atoms with Gasteiger partial charge in [0, 0.05) is 54.4 Å². The summed E-state index contributed by atoms with van der Waals surface area (Å²) in [4.78, 5) is 34.0. The van der Waals surface area contributed by atoms with Gasteiger partial charge in [0.2, 0.25) is 0 Å². The van der Waals surface area contributed by atoms with Crippen LogP contribution in [0.4, 0.5) is 31.2 Å². The third-order valence-corrected chi connectivity index (χ3v) is 6.99. The van der Waals surface area contributed by atoms with Crippen LogP contribution in [-0.2, 0) is 20.6 Å². The van der Waals surface area contributed by atoms with Crippen LogP contribution in [0.15, 0.2) is 24.5 Å². The number of pyridine rings is 2. The molecule has 1 fully saturated rings. The van der Waals surface area contributed by atoms with E-state index in [0.717, 1.165) is 16.9 Å². The average molecular weight is 568 g/mol. The summed E-state index contributed by atoms with van der Waals surface area (Å²) in [5.41, 5.74) is 2.19. The SMILES string of the molecule is Cc1c(-c2cc3cc(NC(=O)OC4CCOC4)ncc3c(NC(=O)OC(C)(C)C)c2F)cnc2c1NCC(CO)C2. The molecule has 1 aromatic carbocycles. The zero-order valence-electron chi connectivity index (χ0n) is 23.5. The van der Waals surface area contributed by atoms with Crippen molar-refractivity contribution in [3.8, 4) is 11.1 Å². The first-order valence-corrected chi connectivity index (χ1v) is 13.5. The molecule has 4 heterocycles. The van der Waals surface area contributed by atoms with Crippen LogP contribution in [0.3, 0.4) is 0 Å². The van der Waals surface area contributed by atoms with Gasteiger partial charge in [-0.25, -0.2) is 19.0 Å². The molecule has 0 aliphatic carbocycles. The number of amides is 2. The van der Waals surface area contributed by atoms with Gasteiger partial charge in [-0.05, 0) is 57.2 Å². The molecule has 41 heavy (non-hydrogen) atoms. The third-order valence-electron chi connectivity index (χ3n) is 6.99. The predicted molar refractivity (Wildman–Crippen MR) is 152 cm³/mol. The number of hydrogen-bond donors (Lipinski definition) is 4. The molecule has 0 spiro atoms. The summed E-state index contributed by atoms with van der Waals surface area (Å²) >= 11 is 0. The monoisotopic (exact) mass is 567 g/mol. The standard InChI is InChI=1S/C29H34FN5O6/c1-15-20(11-31-22-7-16(13-36)10-33-25(15)22)19-8-17-9-23(34-27(37)40-18-5-6-39-14-18)32-12-21(17)26(24(19)30)35-28(38)41-29(2,3)4/h8-9,11-12,16,18,33,36H,5-7,10,13-14H2,1-4H3,(H,35,38)(H,32,34,37). The van der Waals surface area contributed by atoms with Crippen LogP contribution in [0.25, 0.3) is 21.9 Å². The largest absolute Gasteiger partial charge is 0.444 e. The second kappa shape index (κ2) is 11.5. The first-order chi connectivity index (χ1) is 19.5. The topological polar surface area (TPSA) is 144 Å². The van der Waals surface area contributed by atoms with Gasteiger partial charge < -0.3 is 24.6 Å². The van der Waals surface area contributed by atoms with Gasteiger partial charge in [0.05, 0.1) is 30.3 Å². The Balaban J connectivity index is 1.56. The summed E-state index contributed by atoms with van der Waals surface area (Å²) in [5, 5.41) is 18.9. The van der Waals surface area contributed by atoms with Crippen molar-refractivity contribution in [2.24, 2.45) is 5.92 Å². The highest BCUT2D eigenvalue weighted by Gasteiger charge is 2.26. The summed E-state index contributed by atoms with van der Waals surface area (Å²) in [6.45, 7) is 8.49. The highest BCUT2D eigenvalue weighted by molar-refractivity contribution is 6.04. The molecule has 1 saturated heterocycles. The summed E-state index contributed by atoms with van der Waals surface area (Å²) in [6, 6.07) is 3.21. The molecule has 0 bridgehead atoms. The zero-order valence-corrected chi connectivity index (χ0v) is 23.5. The first kappa shape index (κ1) is 28.5. The van der Waals surface area contributed by atoms with Crippen molar-refractivity contribution in [2.45, 2.75) is 52.2 Å². The molecule has 5 rings (SSSR count). The van der Waals surface area contributed by atoms with Crippen molar-refractivity contribution in [3.05, 3.63) is 41.6 Å². The van der Waals surface area contributed by atoms with Crippen LogP contribution in [0.5, 0.6) is 0 Å². The molecular formula is C29H34FN5O6. The third kappa shape index (κ3) is 6.33. The molecule has 2 aliphatic heterocycles. The molecular weight excluding hydrogens is 533 g/mol. The number of carbonyl (C=O) groups excluding carboxylic acids is 2. The van der Waals surface area contributed by atoms with Gasteiger partial charge in [-0.1, -0.05) is 0 Å². The lowest BCUT2D eigenvalue weighted by Gasteiger charge is -2.26. The Morgan fingerprint density at radius 2 is 1.98 bits per heavy atom. The van der Waals surface area contributed by atoms with E-state index in [2.05, 4.69) is 25.9 Å². The number of benzene rings is 1. The van der Waals surface area contributed by atoms with E-state index in [4.69, 9.17) is 14.2 Å². The van der Waals surface area contributed by atoms with Gasteiger partial charge >= 0.3 is 12.2 Å². The number of anilines is 3. The summed E-state index contributed by atoms with van der Waals surface area (Å²) < 4.78 is 32.3. The maximum absolute atomic E-state index is 16.3. The van der Waals surface area contributed by atoms with E-state index in [1.807, 2.05) is 6.92 Å². The molecule has 4 N–H and O–H groups in total. The smallest absolute Gasteiger partial charge is 0.413 e. The number of fused-ring (bicyclic) bond motifs is 2. The van der Waals surface area contributed by atoms with Crippen molar-refractivity contribution < 1.29 is 33.3 Å². The maximum atomic E-state index is 16.3. The Labute approximate surface area is 236 Å². The number of aliphatic hydroxyl groups is 1. The van der Waals surface area contributed by atoms with E-state index >= 15 is 4.39 Å². The fourth-order valence-electron chi connectivity index (χ4n) is 4.99. The minimum absolute atomic E-state index is 0.0420. The summed E-state index contributed by atoms with van der Waals surface area (Å²) in [5.74, 6) is -0.437. The molecule has 2 amide bonds. The fourth-order valence-corrected chi connectivity index (χ4v) is 4.99. The Morgan fingerprint density at radius 3 is 2.68 bits per heavy atom. The number of aliphatic hydroxyl groups excluding tert-OH is 1. The van der Waals surface area contributed by atoms with Crippen LogP contribution in [0.2, 0.25) is 0 Å². The van der Waals surface area contributed by atoms with Crippen molar-refractivity contribution in [1.82, 2.24) is 9.97 Å². The summed E-state index contributed by atoms with van der Waals surface area (Å²) in [6.07, 6.45) is 2.36. The lowest BCUT2D eigenvalue weighted by atomic mass is 9.92. The highest BCUT2D eigenvalue weighted by atomic mass is 19.1. The molecule has 2 atom stereocenters. The van der Waals surface area contributed by atoms with E-state index in [1.165, 1.54) is 6.20 Å². The first-order valence-electron chi connectivity index (χ1n) is 13.5. The van der Waals surface area contributed by atoms with Crippen molar-refractivity contribution in [3.63, 3.8) is 0 Å². The number of nitrogens with one attached hydrogen (secondary N) is 3. The highest BCUT2D eigenvalue weighted by Crippen LogP contribution is 2.40. The van der Waals surface area contributed by atoms with Crippen molar-refractivity contribution in [1.29, 1.82) is 0 Å². The molecule has 11 nitrogen and oxygen atoms in total. The van der Waals surface area contributed by atoms with Crippen LogP contribution < -0.4 is 16.0 Å². The van der Waals surface area contributed by atoms with Crippen LogP contribution in [-0.4, -0.2) is 65.3 Å². The molecule has 2 aromatic heterocycles. The zero-order chi connectivity index (χ0) is 29.3. The van der Waals surface area contributed by atoms with Crippen LogP contribution in [0, 0.1) is 18.7 Å². The number of aromatic nitrogens is 2. The minimum atomic E-state index is -0.823. The Kier molecular flexibility index (Phi) is 7.96. The number of hydrogen-bond acceptors (Lipinski definition) is 9. The van der Waals surface area contributed by atoms with Crippen molar-refractivity contribution >= 4 is 40.2 Å². The number of rotatable bonds is 5. The predicted octanol–water partition coefficient (Wildman–Crippen LogP) is 5.01. The quantitative estimate of drug-likeness (QED) is 0.335. The number of halogens is 1. The van der Waals surface area contributed by atoms with Crippen LogP contribution in [0.1, 0.15) is 38.4 Å². The second-order valence-electron chi connectivity index (χ2n) is 11.3. The van der Waals surface area contributed by atoms with Gasteiger partial charge in [-0.15, -0.1) is 0 Å². The average Bonchev–Trinajstić information content (AvgIpc) is 3.42. The van der Waals surface area contributed by atoms with Gasteiger partial charge in [-0.3, -0.25) is 15.6 Å². The second-order valence-corrected chi connectivity index (χ2v) is 11.3. The van der Waals surface area contributed by atoms with E-state index in [-0.39, 0.29) is 35.7 Å².